The topological polar surface area (TPSA) is 81.1 Å². The van der Waals surface area contributed by atoms with E-state index in [1.165, 1.54) is 10.9 Å². The van der Waals surface area contributed by atoms with Gasteiger partial charge in [-0.3, -0.25) is 4.79 Å². The van der Waals surface area contributed by atoms with Gasteiger partial charge in [0.1, 0.15) is 17.3 Å². The van der Waals surface area contributed by atoms with E-state index in [9.17, 15) is 13.6 Å². The molecule has 156 valence electrons. The summed E-state index contributed by atoms with van der Waals surface area (Å²) in [4.78, 5) is 20.8. The molecule has 2 N–H and O–H groups in total. The Balaban J connectivity index is 1.65. The number of benzene rings is 1. The lowest BCUT2D eigenvalue weighted by atomic mass is 10.0. The Morgan fingerprint density at radius 1 is 1.30 bits per heavy atom. The van der Waals surface area contributed by atoms with Crippen LogP contribution in [0.1, 0.15) is 12.8 Å². The second kappa shape index (κ2) is 6.80. The van der Waals surface area contributed by atoms with Gasteiger partial charge in [-0.2, -0.15) is 0 Å². The fourth-order valence-corrected chi connectivity index (χ4v) is 3.98. The van der Waals surface area contributed by atoms with E-state index in [1.54, 1.807) is 31.3 Å². The predicted molar refractivity (Wildman–Crippen MR) is 110 cm³/mol. The van der Waals surface area contributed by atoms with Crippen molar-refractivity contribution in [3.63, 3.8) is 0 Å². The molecule has 2 aliphatic rings. The Morgan fingerprint density at radius 3 is 2.83 bits per heavy atom. The lowest BCUT2D eigenvalue weighted by Crippen LogP contribution is -2.44. The largest absolute Gasteiger partial charge is 0.480 e. The number of hydrogen-bond donors (Lipinski definition) is 2. The Bertz CT molecular complexity index is 1210. The molecular formula is C20H18ClF2N5O2. The summed E-state index contributed by atoms with van der Waals surface area (Å²) >= 11 is 5.91. The number of ether oxygens (including phenoxy) is 1. The van der Waals surface area contributed by atoms with Crippen molar-refractivity contribution >= 4 is 39.7 Å². The Morgan fingerprint density at radius 2 is 2.10 bits per heavy atom. The fourth-order valence-electron chi connectivity index (χ4n) is 3.84. The maximum atomic E-state index is 14.7. The number of aryl methyl sites for hydroxylation is 1. The average molecular weight is 434 g/mol. The second-order valence-electron chi connectivity index (χ2n) is 7.66. The van der Waals surface area contributed by atoms with Crippen molar-refractivity contribution in [3.8, 4) is 5.75 Å². The molecule has 3 aromatic rings. The molecular weight excluding hydrogens is 416 g/mol. The molecule has 10 heteroatoms. The van der Waals surface area contributed by atoms with Crippen LogP contribution < -0.4 is 20.9 Å². The number of pyridine rings is 1. The quantitative estimate of drug-likeness (QED) is 0.609. The van der Waals surface area contributed by atoms with Gasteiger partial charge in [-0.15, -0.1) is 0 Å². The van der Waals surface area contributed by atoms with Gasteiger partial charge in [0.25, 0.3) is 5.56 Å². The standard InChI is InChI=1S/C20H18ClF2N5O2/c1-28-13-5-4-11(26-15-7-14(21)24-9-25-15)6-12(13)16-17(19(28)29)30-8-20(22,23)18(27-16)10-2-3-10/h4-7,9-10,18,27H,2-3,8H2,1H3,(H,24,25,26)/t18-/m0/s1. The third kappa shape index (κ3) is 3.23. The highest BCUT2D eigenvalue weighted by Crippen LogP contribution is 2.45. The van der Waals surface area contributed by atoms with Crippen LogP contribution in [0.25, 0.3) is 10.9 Å². The summed E-state index contributed by atoms with van der Waals surface area (Å²) in [6.45, 7) is -0.827. The van der Waals surface area contributed by atoms with Crippen LogP contribution in [0.5, 0.6) is 5.75 Å². The van der Waals surface area contributed by atoms with E-state index in [-0.39, 0.29) is 16.8 Å². The first-order valence-electron chi connectivity index (χ1n) is 9.52. The number of halogens is 3. The lowest BCUT2D eigenvalue weighted by Gasteiger charge is -2.25. The Labute approximate surface area is 175 Å². The minimum absolute atomic E-state index is 0.0879. The summed E-state index contributed by atoms with van der Waals surface area (Å²) in [7, 11) is 1.59. The molecule has 1 atom stereocenters. The van der Waals surface area contributed by atoms with Gasteiger partial charge in [-0.25, -0.2) is 18.7 Å². The molecule has 7 nitrogen and oxygen atoms in total. The van der Waals surface area contributed by atoms with Gasteiger partial charge >= 0.3 is 5.92 Å². The lowest BCUT2D eigenvalue weighted by molar-refractivity contribution is -0.0579. The van der Waals surface area contributed by atoms with Crippen molar-refractivity contribution in [2.45, 2.75) is 24.8 Å². The maximum absolute atomic E-state index is 14.7. The third-order valence-corrected chi connectivity index (χ3v) is 5.72. The number of alkyl halides is 2. The first kappa shape index (κ1) is 19.0. The van der Waals surface area contributed by atoms with Crippen LogP contribution in [0.4, 0.5) is 26.0 Å². The van der Waals surface area contributed by atoms with Gasteiger partial charge in [-0.1, -0.05) is 11.6 Å². The van der Waals surface area contributed by atoms with Crippen molar-refractivity contribution < 1.29 is 13.5 Å². The highest BCUT2D eigenvalue weighted by molar-refractivity contribution is 6.29. The molecule has 0 bridgehead atoms. The Kier molecular flexibility index (Phi) is 4.32. The minimum atomic E-state index is -3.08. The number of nitrogens with zero attached hydrogens (tertiary/aromatic N) is 3. The second-order valence-corrected chi connectivity index (χ2v) is 8.05. The normalized spacial score (nSPS) is 20.1. The SMILES string of the molecule is Cn1c(=O)c2c(c3cc(Nc4cc(Cl)ncn4)ccc31)N[C@@H](C1CC1)C(F)(F)CO2. The first-order valence-corrected chi connectivity index (χ1v) is 9.90. The molecule has 2 aromatic heterocycles. The van der Waals surface area contributed by atoms with Crippen molar-refractivity contribution in [3.05, 3.63) is 46.1 Å². The van der Waals surface area contributed by atoms with Crippen molar-refractivity contribution in [2.75, 3.05) is 17.2 Å². The number of fused-ring (bicyclic) bond motifs is 3. The molecule has 0 unspecified atom stereocenters. The molecule has 1 fully saturated rings. The van der Waals surface area contributed by atoms with Crippen LogP contribution in [0.2, 0.25) is 5.15 Å². The van der Waals surface area contributed by atoms with Crippen molar-refractivity contribution in [2.24, 2.45) is 13.0 Å². The molecule has 0 radical (unpaired) electrons. The van der Waals surface area contributed by atoms with Crippen molar-refractivity contribution in [1.29, 1.82) is 0 Å². The van der Waals surface area contributed by atoms with Crippen LogP contribution in [0, 0.1) is 5.92 Å². The van der Waals surface area contributed by atoms with Gasteiger partial charge in [0.2, 0.25) is 5.75 Å². The van der Waals surface area contributed by atoms with Crippen LogP contribution in [-0.4, -0.2) is 33.1 Å². The van der Waals surface area contributed by atoms with Crippen LogP contribution in [-0.2, 0) is 7.05 Å². The summed E-state index contributed by atoms with van der Waals surface area (Å²) in [5.41, 5.74) is 1.09. The molecule has 1 aliphatic heterocycles. The molecule has 0 saturated heterocycles. The molecule has 0 amide bonds. The zero-order valence-corrected chi connectivity index (χ0v) is 16.7. The number of anilines is 3. The zero-order valence-electron chi connectivity index (χ0n) is 16.0. The Hall–Kier alpha value is -2.94. The highest BCUT2D eigenvalue weighted by Gasteiger charge is 2.51. The molecule has 5 rings (SSSR count). The van der Waals surface area contributed by atoms with E-state index in [1.807, 2.05) is 0 Å². The van der Waals surface area contributed by atoms with Gasteiger partial charge in [0, 0.05) is 24.2 Å². The number of rotatable bonds is 3. The summed E-state index contributed by atoms with van der Waals surface area (Å²) in [5, 5.41) is 6.96. The fraction of sp³-hybridized carbons (Fsp3) is 0.350. The monoisotopic (exact) mass is 433 g/mol. The summed E-state index contributed by atoms with van der Waals surface area (Å²) in [5.74, 6) is -2.82. The van der Waals surface area contributed by atoms with E-state index in [4.69, 9.17) is 16.3 Å². The van der Waals surface area contributed by atoms with Crippen molar-refractivity contribution in [1.82, 2.24) is 14.5 Å². The molecule has 1 aliphatic carbocycles. The average Bonchev–Trinajstić information content (AvgIpc) is 3.53. The summed E-state index contributed by atoms with van der Waals surface area (Å²) in [6, 6.07) is 5.78. The molecule has 3 heterocycles. The number of aromatic nitrogens is 3. The van der Waals surface area contributed by atoms with Gasteiger partial charge in [-0.05, 0) is 37.0 Å². The van der Waals surface area contributed by atoms with E-state index < -0.39 is 24.1 Å². The molecule has 1 saturated carbocycles. The zero-order chi connectivity index (χ0) is 21.0. The van der Waals surface area contributed by atoms with Crippen LogP contribution >= 0.6 is 11.6 Å². The first-order chi connectivity index (χ1) is 14.3. The molecule has 0 spiro atoms. The van der Waals surface area contributed by atoms with Crippen LogP contribution in [0.3, 0.4) is 0 Å². The molecule has 1 aromatic carbocycles. The van der Waals surface area contributed by atoms with E-state index >= 15 is 0 Å². The van der Waals surface area contributed by atoms with E-state index in [0.29, 0.717) is 28.1 Å². The number of nitrogens with one attached hydrogen (secondary N) is 2. The molecule has 30 heavy (non-hydrogen) atoms. The third-order valence-electron chi connectivity index (χ3n) is 5.52. The minimum Gasteiger partial charge on any atom is -0.480 e. The number of hydrogen-bond acceptors (Lipinski definition) is 6. The van der Waals surface area contributed by atoms with Crippen LogP contribution in [0.15, 0.2) is 35.4 Å². The van der Waals surface area contributed by atoms with E-state index in [0.717, 1.165) is 12.8 Å². The van der Waals surface area contributed by atoms with Gasteiger partial charge < -0.3 is 19.9 Å². The summed E-state index contributed by atoms with van der Waals surface area (Å²) < 4.78 is 36.1. The highest BCUT2D eigenvalue weighted by atomic mass is 35.5. The van der Waals surface area contributed by atoms with E-state index in [2.05, 4.69) is 20.6 Å². The van der Waals surface area contributed by atoms with Gasteiger partial charge in [0.15, 0.2) is 6.61 Å². The summed E-state index contributed by atoms with van der Waals surface area (Å²) in [6.07, 6.45) is 2.79. The maximum Gasteiger partial charge on any atom is 0.301 e. The smallest absolute Gasteiger partial charge is 0.301 e. The predicted octanol–water partition coefficient (Wildman–Crippen LogP) is 3.94. The van der Waals surface area contributed by atoms with Gasteiger partial charge in [0.05, 0.1) is 17.2 Å².